The first-order chi connectivity index (χ1) is 13.5. The lowest BCUT2D eigenvalue weighted by Crippen LogP contribution is -2.64. The highest BCUT2D eigenvalue weighted by atomic mass is 35.5. The summed E-state index contributed by atoms with van der Waals surface area (Å²) >= 11 is 6.60. The minimum Gasteiger partial charge on any atom is -0.462 e. The molecule has 0 aromatic carbocycles. The number of aliphatic hydroxyl groups is 1. The fourth-order valence-corrected chi connectivity index (χ4v) is 8.61. The van der Waals surface area contributed by atoms with Crippen molar-refractivity contribution in [2.45, 2.75) is 89.7 Å². The van der Waals surface area contributed by atoms with Gasteiger partial charge in [0.05, 0.1) is 5.38 Å². The predicted molar refractivity (Wildman–Crippen MR) is 108 cm³/mol. The summed E-state index contributed by atoms with van der Waals surface area (Å²) < 4.78 is 5.89. The number of hydrogen-bond acceptors (Lipinski definition) is 5. The van der Waals surface area contributed by atoms with E-state index in [9.17, 15) is 19.5 Å². The zero-order valence-electron chi connectivity index (χ0n) is 17.9. The molecule has 4 fully saturated rings. The van der Waals surface area contributed by atoms with Gasteiger partial charge in [-0.25, -0.2) is 0 Å². The molecule has 4 aliphatic carbocycles. The van der Waals surface area contributed by atoms with Crippen molar-refractivity contribution in [1.29, 1.82) is 0 Å². The van der Waals surface area contributed by atoms with E-state index in [2.05, 4.69) is 6.92 Å². The van der Waals surface area contributed by atoms with Gasteiger partial charge in [0, 0.05) is 24.7 Å². The van der Waals surface area contributed by atoms with Crippen LogP contribution in [0.5, 0.6) is 0 Å². The molecule has 0 bridgehead atoms. The molecule has 0 aromatic heterocycles. The number of ketones is 2. The van der Waals surface area contributed by atoms with Crippen LogP contribution in [-0.2, 0) is 19.1 Å². The van der Waals surface area contributed by atoms with Crippen LogP contribution in [0.2, 0.25) is 0 Å². The average molecular weight is 425 g/mol. The van der Waals surface area contributed by atoms with Gasteiger partial charge in [-0.15, -0.1) is 11.6 Å². The maximum Gasteiger partial charge on any atom is 0.302 e. The zero-order valence-corrected chi connectivity index (χ0v) is 18.6. The smallest absolute Gasteiger partial charge is 0.302 e. The van der Waals surface area contributed by atoms with Crippen molar-refractivity contribution in [3.63, 3.8) is 0 Å². The number of halogens is 1. The Morgan fingerprint density at radius 3 is 2.41 bits per heavy atom. The monoisotopic (exact) mass is 424 g/mol. The van der Waals surface area contributed by atoms with Crippen molar-refractivity contribution in [3.05, 3.63) is 0 Å². The van der Waals surface area contributed by atoms with Crippen molar-refractivity contribution >= 4 is 29.1 Å². The summed E-state index contributed by atoms with van der Waals surface area (Å²) in [5.41, 5.74) is -2.15. The van der Waals surface area contributed by atoms with Gasteiger partial charge >= 0.3 is 5.97 Å². The van der Waals surface area contributed by atoms with E-state index < -0.39 is 16.4 Å². The van der Waals surface area contributed by atoms with Crippen molar-refractivity contribution in [1.82, 2.24) is 0 Å². The van der Waals surface area contributed by atoms with Gasteiger partial charge in [0.15, 0.2) is 11.6 Å². The van der Waals surface area contributed by atoms with Gasteiger partial charge in [-0.3, -0.25) is 14.4 Å². The molecule has 5 nitrogen and oxygen atoms in total. The van der Waals surface area contributed by atoms with Crippen LogP contribution in [0.1, 0.15) is 72.6 Å². The van der Waals surface area contributed by atoms with Crippen molar-refractivity contribution in [2.75, 3.05) is 0 Å². The van der Waals surface area contributed by atoms with Gasteiger partial charge in [-0.05, 0) is 68.6 Å². The third kappa shape index (κ3) is 2.79. The predicted octanol–water partition coefficient (Wildman–Crippen LogP) is 3.68. The van der Waals surface area contributed by atoms with Crippen LogP contribution in [0.25, 0.3) is 0 Å². The number of rotatable bonds is 2. The average Bonchev–Trinajstić information content (AvgIpc) is 2.90. The van der Waals surface area contributed by atoms with Gasteiger partial charge in [0.1, 0.15) is 11.7 Å². The Morgan fingerprint density at radius 2 is 1.79 bits per heavy atom. The highest BCUT2D eigenvalue weighted by molar-refractivity contribution is 6.31. The number of ether oxygens (including phenoxy) is 1. The second-order valence-corrected chi connectivity index (χ2v) is 11.0. The summed E-state index contributed by atoms with van der Waals surface area (Å²) in [6.07, 6.45) is 4.39. The second kappa shape index (κ2) is 6.78. The number of alkyl halides is 1. The van der Waals surface area contributed by atoms with Crippen LogP contribution in [0, 0.1) is 34.5 Å². The van der Waals surface area contributed by atoms with E-state index in [0.29, 0.717) is 19.3 Å². The molecule has 0 spiro atoms. The molecule has 4 aliphatic rings. The lowest BCUT2D eigenvalue weighted by Gasteiger charge is -2.63. The Labute approximate surface area is 177 Å². The molecule has 0 saturated heterocycles. The summed E-state index contributed by atoms with van der Waals surface area (Å²) in [4.78, 5) is 36.8. The molecule has 0 amide bonds. The van der Waals surface area contributed by atoms with E-state index >= 15 is 0 Å². The standard InChI is InChI=1S/C23H33ClO5/c1-12(25)23(28)10-7-15-14-5-6-16-20(24)17(27)8-9-21(16,3)19(14)18(29-13(2)26)11-22(15,23)4/h14-16,18-20,28H,5-11H2,1-4H3/t14-,15-,16+,18+,19+,20+,21-,22-,23-/m0/s1. The lowest BCUT2D eigenvalue weighted by molar-refractivity contribution is -0.208. The van der Waals surface area contributed by atoms with E-state index in [4.69, 9.17) is 16.3 Å². The fraction of sp³-hybridized carbons (Fsp3) is 0.870. The summed E-state index contributed by atoms with van der Waals surface area (Å²) in [6.45, 7) is 7.14. The Hall–Kier alpha value is -0.940. The summed E-state index contributed by atoms with van der Waals surface area (Å²) in [5, 5.41) is 10.9. The topological polar surface area (TPSA) is 80.7 Å². The van der Waals surface area contributed by atoms with Crippen LogP contribution in [-0.4, -0.2) is 39.7 Å². The zero-order chi connectivity index (χ0) is 21.4. The molecule has 29 heavy (non-hydrogen) atoms. The van der Waals surface area contributed by atoms with E-state index in [-0.39, 0.29) is 52.7 Å². The molecular weight excluding hydrogens is 392 g/mol. The maximum absolute atomic E-state index is 12.5. The lowest BCUT2D eigenvalue weighted by atomic mass is 9.43. The molecule has 0 heterocycles. The third-order valence-electron chi connectivity index (χ3n) is 9.47. The fourth-order valence-electron chi connectivity index (χ4n) is 8.09. The Bertz CT molecular complexity index is 752. The van der Waals surface area contributed by atoms with E-state index in [1.807, 2.05) is 6.92 Å². The molecule has 4 saturated carbocycles. The number of Topliss-reactive ketones (excluding diaryl/α,β-unsaturated/α-hetero) is 2. The van der Waals surface area contributed by atoms with Crippen molar-refractivity contribution < 1.29 is 24.2 Å². The van der Waals surface area contributed by atoms with Crippen LogP contribution < -0.4 is 0 Å². The summed E-state index contributed by atoms with van der Waals surface area (Å²) in [7, 11) is 0. The molecule has 0 radical (unpaired) electrons. The molecule has 1 N–H and O–H groups in total. The number of carbonyl (C=O) groups excluding carboxylic acids is 3. The van der Waals surface area contributed by atoms with Crippen LogP contribution in [0.15, 0.2) is 0 Å². The number of fused-ring (bicyclic) bond motifs is 5. The first-order valence-corrected chi connectivity index (χ1v) is 11.5. The number of hydrogen-bond donors (Lipinski definition) is 1. The van der Waals surface area contributed by atoms with Crippen molar-refractivity contribution in [2.24, 2.45) is 34.5 Å². The highest BCUT2D eigenvalue weighted by Gasteiger charge is 2.69. The molecule has 0 aliphatic heterocycles. The molecule has 162 valence electrons. The second-order valence-electron chi connectivity index (χ2n) is 10.6. The van der Waals surface area contributed by atoms with Crippen molar-refractivity contribution in [3.8, 4) is 0 Å². The number of carbonyl (C=O) groups is 3. The first-order valence-electron chi connectivity index (χ1n) is 11.0. The van der Waals surface area contributed by atoms with Crippen LogP contribution in [0.4, 0.5) is 0 Å². The van der Waals surface area contributed by atoms with Gasteiger partial charge in [-0.2, -0.15) is 0 Å². The largest absolute Gasteiger partial charge is 0.462 e. The molecular formula is C23H33ClO5. The van der Waals surface area contributed by atoms with Crippen LogP contribution in [0.3, 0.4) is 0 Å². The Kier molecular flexibility index (Phi) is 4.98. The van der Waals surface area contributed by atoms with Gasteiger partial charge < -0.3 is 9.84 Å². The SMILES string of the molecule is CC(=O)O[C@@H]1C[C@@]2(C)[C@@H](CC[C@]2(O)C(C)=O)[C@@H]2CC[C@@H]3[C@@H](Cl)C(=O)CC[C@]3(C)[C@H]21. The first kappa shape index (κ1) is 21.3. The van der Waals surface area contributed by atoms with E-state index in [1.54, 1.807) is 0 Å². The van der Waals surface area contributed by atoms with Gasteiger partial charge in [0.2, 0.25) is 0 Å². The number of esters is 1. The van der Waals surface area contributed by atoms with Crippen LogP contribution >= 0.6 is 11.6 Å². The van der Waals surface area contributed by atoms with Gasteiger partial charge in [-0.1, -0.05) is 13.8 Å². The molecule has 4 rings (SSSR count). The third-order valence-corrected chi connectivity index (χ3v) is 10.0. The summed E-state index contributed by atoms with van der Waals surface area (Å²) in [6, 6.07) is 0. The Balaban J connectivity index is 1.78. The molecule has 0 unspecified atom stereocenters. The normalized spacial score (nSPS) is 51.6. The Morgan fingerprint density at radius 1 is 1.10 bits per heavy atom. The highest BCUT2D eigenvalue weighted by Crippen LogP contribution is 2.68. The minimum atomic E-state index is -1.36. The quantitative estimate of drug-likeness (QED) is 0.540. The molecule has 9 atom stereocenters. The molecule has 6 heteroatoms. The van der Waals surface area contributed by atoms with E-state index in [1.165, 1.54) is 13.8 Å². The maximum atomic E-state index is 12.5. The summed E-state index contributed by atoms with van der Waals surface area (Å²) in [5.74, 6) is 0.257. The van der Waals surface area contributed by atoms with Gasteiger partial charge in [0.25, 0.3) is 0 Å². The minimum absolute atomic E-state index is 0.0853. The molecule has 0 aromatic rings. The van der Waals surface area contributed by atoms with E-state index in [0.717, 1.165) is 25.7 Å².